The number of carbonyl (C=O) groups excluding carboxylic acids is 2. The molecular weight excluding hydrogens is 550 g/mol. The van der Waals surface area contributed by atoms with Crippen molar-refractivity contribution in [2.45, 2.75) is 106 Å². The predicted octanol–water partition coefficient (Wildman–Crippen LogP) is -0.514. The highest BCUT2D eigenvalue weighted by Gasteiger charge is 2.54. The lowest BCUT2D eigenvalue weighted by Crippen LogP contribution is -2.66. The standard InChI is InChI=1S/C31H51N7O5/c32-22-3-1-2-4-23(22)36-25-6-5-19(30(33)40)31(37-25)35-18-13-17-7-8-34-27(17)20(14-18)21-16-42-29-24(39)15-26(43-28(21)29)38-9-11-41-12-10-38/h15,17-23,25,27-29,31,34-37H,1-14,16,32H2,(H2,33,40)/t17?,18?,19?,20?,21?,22-,23+,25?,27?,28?,29?,31?/m1/s1. The summed E-state index contributed by atoms with van der Waals surface area (Å²) in [5, 5.41) is 15.2. The fraction of sp³-hybridized carbons (Fsp3) is 0.871. The molecule has 12 heteroatoms. The van der Waals surface area contributed by atoms with E-state index in [4.69, 9.17) is 25.7 Å². The highest BCUT2D eigenvalue weighted by Crippen LogP contribution is 2.45. The minimum Gasteiger partial charge on any atom is -0.472 e. The summed E-state index contributed by atoms with van der Waals surface area (Å²) in [5.74, 6) is 1.07. The smallest absolute Gasteiger partial charge is 0.223 e. The van der Waals surface area contributed by atoms with Gasteiger partial charge in [0.2, 0.25) is 5.91 Å². The van der Waals surface area contributed by atoms with Gasteiger partial charge in [-0.2, -0.15) is 0 Å². The van der Waals surface area contributed by atoms with Gasteiger partial charge in [-0.15, -0.1) is 0 Å². The molecule has 8 N–H and O–H groups in total. The Balaban J connectivity index is 1.05. The lowest BCUT2D eigenvalue weighted by atomic mass is 9.68. The third-order valence-electron chi connectivity index (χ3n) is 11.4. The van der Waals surface area contributed by atoms with Crippen LogP contribution in [0.5, 0.6) is 0 Å². The maximum atomic E-state index is 13.2. The largest absolute Gasteiger partial charge is 0.472 e. The lowest BCUT2D eigenvalue weighted by Gasteiger charge is -2.46. The van der Waals surface area contributed by atoms with Crippen LogP contribution in [0.1, 0.15) is 57.8 Å². The first-order valence-corrected chi connectivity index (χ1v) is 16.9. The van der Waals surface area contributed by atoms with Crippen molar-refractivity contribution in [3.63, 3.8) is 0 Å². The van der Waals surface area contributed by atoms with Gasteiger partial charge in [0, 0.05) is 49.3 Å². The molecule has 2 aliphatic carbocycles. The fourth-order valence-corrected chi connectivity index (χ4v) is 9.19. The monoisotopic (exact) mass is 601 g/mol. The molecule has 0 radical (unpaired) electrons. The zero-order valence-corrected chi connectivity index (χ0v) is 25.3. The highest BCUT2D eigenvalue weighted by molar-refractivity contribution is 5.95. The first kappa shape index (κ1) is 29.9. The maximum absolute atomic E-state index is 13.2. The van der Waals surface area contributed by atoms with Gasteiger partial charge in [0.05, 0.1) is 38.1 Å². The molecule has 1 amide bonds. The van der Waals surface area contributed by atoms with Gasteiger partial charge in [-0.3, -0.25) is 25.5 Å². The van der Waals surface area contributed by atoms with Gasteiger partial charge in [0.15, 0.2) is 17.8 Å². The molecule has 12 nitrogen and oxygen atoms in total. The van der Waals surface area contributed by atoms with Crippen LogP contribution in [0.4, 0.5) is 0 Å². The Kier molecular flexibility index (Phi) is 8.97. The Hall–Kier alpha value is -1.80. The van der Waals surface area contributed by atoms with Crippen LogP contribution in [0.2, 0.25) is 0 Å². The van der Waals surface area contributed by atoms with Crippen LogP contribution in [0.15, 0.2) is 12.0 Å². The summed E-state index contributed by atoms with van der Waals surface area (Å²) in [6.45, 7) is 4.24. The van der Waals surface area contributed by atoms with Crippen molar-refractivity contribution < 1.29 is 23.8 Å². The normalized spacial score (nSPS) is 45.2. The van der Waals surface area contributed by atoms with E-state index in [1.807, 2.05) is 0 Å². The fourth-order valence-electron chi connectivity index (χ4n) is 9.19. The minimum atomic E-state index is -0.541. The molecule has 7 aliphatic rings. The van der Waals surface area contributed by atoms with E-state index in [9.17, 15) is 9.59 Å². The van der Waals surface area contributed by atoms with Gasteiger partial charge in [-0.1, -0.05) is 12.8 Å². The summed E-state index contributed by atoms with van der Waals surface area (Å²) in [7, 11) is 0. The second-order valence-electron chi connectivity index (χ2n) is 14.0. The average Bonchev–Trinajstić information content (AvgIpc) is 3.66. The minimum absolute atomic E-state index is 0.00795. The number of morpholine rings is 1. The molecule has 6 fully saturated rings. The average molecular weight is 602 g/mol. The van der Waals surface area contributed by atoms with Crippen LogP contribution in [-0.2, 0) is 23.8 Å². The molecule has 2 saturated carbocycles. The predicted molar refractivity (Wildman–Crippen MR) is 159 cm³/mol. The van der Waals surface area contributed by atoms with Crippen LogP contribution in [0, 0.1) is 23.7 Å². The number of hydrogen-bond donors (Lipinski definition) is 6. The molecule has 4 saturated heterocycles. The number of piperidine rings is 1. The molecule has 0 aromatic carbocycles. The number of rotatable bonds is 7. The second kappa shape index (κ2) is 12.9. The Bertz CT molecular complexity index is 1060. The first-order chi connectivity index (χ1) is 20.9. The van der Waals surface area contributed by atoms with Crippen molar-refractivity contribution >= 4 is 11.7 Å². The molecule has 7 rings (SSSR count). The number of nitrogens with one attached hydrogen (secondary N) is 4. The van der Waals surface area contributed by atoms with Gasteiger partial charge in [0.1, 0.15) is 6.10 Å². The van der Waals surface area contributed by atoms with Crippen LogP contribution in [-0.4, -0.2) is 105 Å². The first-order valence-electron chi connectivity index (χ1n) is 16.9. The van der Waals surface area contributed by atoms with E-state index in [1.54, 1.807) is 6.08 Å². The number of amides is 1. The van der Waals surface area contributed by atoms with Gasteiger partial charge in [0.25, 0.3) is 0 Å². The highest BCUT2D eigenvalue weighted by atomic mass is 16.6. The molecule has 5 heterocycles. The molecule has 0 aromatic heterocycles. The summed E-state index contributed by atoms with van der Waals surface area (Å²) in [5.41, 5.74) is 12.4. The van der Waals surface area contributed by atoms with Crippen molar-refractivity contribution in [1.82, 2.24) is 26.2 Å². The number of ketones is 1. The molecule has 43 heavy (non-hydrogen) atoms. The van der Waals surface area contributed by atoms with Crippen LogP contribution < -0.4 is 32.7 Å². The zero-order chi connectivity index (χ0) is 29.5. The van der Waals surface area contributed by atoms with Crippen molar-refractivity contribution in [2.24, 2.45) is 35.1 Å². The number of ether oxygens (including phenoxy) is 3. The molecule has 240 valence electrons. The Labute approximate surface area is 254 Å². The van der Waals surface area contributed by atoms with Crippen molar-refractivity contribution in [3.05, 3.63) is 12.0 Å². The zero-order valence-electron chi connectivity index (χ0n) is 25.3. The van der Waals surface area contributed by atoms with Crippen molar-refractivity contribution in [1.29, 1.82) is 0 Å². The van der Waals surface area contributed by atoms with E-state index in [0.717, 1.165) is 64.6 Å². The Morgan fingerprint density at radius 2 is 1.86 bits per heavy atom. The third-order valence-corrected chi connectivity index (χ3v) is 11.4. The summed E-state index contributed by atoms with van der Waals surface area (Å²) < 4.78 is 18.3. The van der Waals surface area contributed by atoms with E-state index >= 15 is 0 Å². The molecule has 0 aromatic rings. The Morgan fingerprint density at radius 1 is 1.02 bits per heavy atom. The van der Waals surface area contributed by atoms with Crippen LogP contribution >= 0.6 is 0 Å². The van der Waals surface area contributed by atoms with Gasteiger partial charge in [-0.05, 0) is 63.3 Å². The van der Waals surface area contributed by atoms with E-state index in [2.05, 4.69) is 26.2 Å². The topological polar surface area (TPSA) is 165 Å². The summed E-state index contributed by atoms with van der Waals surface area (Å²) >= 11 is 0. The number of hydrogen-bond acceptors (Lipinski definition) is 11. The maximum Gasteiger partial charge on any atom is 0.223 e. The number of nitrogens with two attached hydrogens (primary N) is 2. The number of fused-ring (bicyclic) bond motifs is 2. The summed E-state index contributed by atoms with van der Waals surface area (Å²) in [6, 6.07) is 1.06. The molecule has 0 spiro atoms. The third kappa shape index (κ3) is 6.21. The van der Waals surface area contributed by atoms with Gasteiger partial charge < -0.3 is 35.9 Å². The van der Waals surface area contributed by atoms with Crippen molar-refractivity contribution in [3.8, 4) is 0 Å². The molecular formula is C31H51N7O5. The molecule has 5 aliphatic heterocycles. The van der Waals surface area contributed by atoms with Crippen molar-refractivity contribution in [2.75, 3.05) is 39.5 Å². The Morgan fingerprint density at radius 3 is 2.67 bits per heavy atom. The van der Waals surface area contributed by atoms with E-state index in [-0.39, 0.29) is 60.0 Å². The molecule has 12 atom stereocenters. The quantitative estimate of drug-likeness (QED) is 0.223. The van der Waals surface area contributed by atoms with Gasteiger partial charge in [-0.25, -0.2) is 0 Å². The van der Waals surface area contributed by atoms with Crippen LogP contribution in [0.3, 0.4) is 0 Å². The lowest BCUT2D eigenvalue weighted by molar-refractivity contribution is -0.133. The SMILES string of the molecule is NC(=O)C1CCC(N[C@H]2CCCC[C@H]2N)NC1NC1CC2CCNC2C(C2COC3C(=O)C=C(N4CCOCC4)OC32)C1. The number of carbonyl (C=O) groups is 2. The van der Waals surface area contributed by atoms with E-state index in [1.165, 1.54) is 12.8 Å². The van der Waals surface area contributed by atoms with E-state index < -0.39 is 6.10 Å². The summed E-state index contributed by atoms with van der Waals surface area (Å²) in [6.07, 6.45) is 9.94. The van der Waals surface area contributed by atoms with E-state index in [0.29, 0.717) is 43.7 Å². The molecule has 10 unspecified atom stereocenters. The number of primary amides is 1. The molecule has 0 bridgehead atoms. The van der Waals surface area contributed by atoms with Gasteiger partial charge >= 0.3 is 0 Å². The van der Waals surface area contributed by atoms with Crippen LogP contribution in [0.25, 0.3) is 0 Å². The summed E-state index contributed by atoms with van der Waals surface area (Å²) in [4.78, 5) is 27.9. The second-order valence-corrected chi connectivity index (χ2v) is 14.0. The number of nitrogens with zero attached hydrogens (tertiary/aromatic N) is 1.